The molecule has 0 saturated heterocycles. The van der Waals surface area contributed by atoms with Gasteiger partial charge in [-0.25, -0.2) is 0 Å². The molecule has 0 atom stereocenters. The highest BCUT2D eigenvalue weighted by Crippen LogP contribution is 2.24. The molecule has 1 aromatic heterocycles. The van der Waals surface area contributed by atoms with Gasteiger partial charge in [0, 0.05) is 17.3 Å². The van der Waals surface area contributed by atoms with Gasteiger partial charge in [-0.3, -0.25) is 14.8 Å². The molecule has 3 N–H and O–H groups in total. The average molecular weight is 315 g/mol. The van der Waals surface area contributed by atoms with Gasteiger partial charge in [-0.15, -0.1) is 10.2 Å². The fourth-order valence-electron chi connectivity index (χ4n) is 1.45. The number of nitro groups is 1. The molecule has 0 unspecified atom stereocenters. The van der Waals surface area contributed by atoms with Gasteiger partial charge in [0.2, 0.25) is 5.13 Å². The second-order valence-electron chi connectivity index (χ2n) is 3.77. The third-order valence-corrected chi connectivity index (χ3v) is 4.80. The van der Waals surface area contributed by atoms with Gasteiger partial charge in [-0.2, -0.15) is 8.42 Å². The van der Waals surface area contributed by atoms with Gasteiger partial charge in [-0.05, 0) is 19.1 Å². The van der Waals surface area contributed by atoms with Crippen LogP contribution in [0.3, 0.4) is 0 Å². The monoisotopic (exact) mass is 315 g/mol. The highest BCUT2D eigenvalue weighted by molar-refractivity contribution is 7.94. The van der Waals surface area contributed by atoms with E-state index in [9.17, 15) is 18.5 Å². The van der Waals surface area contributed by atoms with Crippen molar-refractivity contribution in [1.29, 1.82) is 0 Å². The van der Waals surface area contributed by atoms with Crippen LogP contribution in [0.1, 0.15) is 5.56 Å². The first-order valence-electron chi connectivity index (χ1n) is 5.16. The minimum atomic E-state index is -3.90. The Balaban J connectivity index is 2.30. The number of sulfonamides is 1. The minimum Gasteiger partial charge on any atom is -0.374 e. The number of nitro benzene ring substituents is 1. The highest BCUT2D eigenvalue weighted by atomic mass is 32.2. The summed E-state index contributed by atoms with van der Waals surface area (Å²) >= 11 is 0.723. The molecule has 0 aliphatic heterocycles. The number of hydrogen-bond donors (Lipinski definition) is 2. The van der Waals surface area contributed by atoms with Crippen LogP contribution in [0, 0.1) is 17.0 Å². The van der Waals surface area contributed by atoms with Crippen molar-refractivity contribution in [2.24, 2.45) is 0 Å². The van der Waals surface area contributed by atoms with Crippen LogP contribution in [0.5, 0.6) is 0 Å². The van der Waals surface area contributed by atoms with Crippen LogP contribution in [0.4, 0.5) is 16.5 Å². The summed E-state index contributed by atoms with van der Waals surface area (Å²) in [5.74, 6) is 0. The van der Waals surface area contributed by atoms with Gasteiger partial charge < -0.3 is 5.73 Å². The Kier molecular flexibility index (Phi) is 3.55. The van der Waals surface area contributed by atoms with Crippen molar-refractivity contribution in [3.8, 4) is 0 Å². The van der Waals surface area contributed by atoms with Crippen molar-refractivity contribution in [3.63, 3.8) is 0 Å². The number of nitrogens with one attached hydrogen (secondary N) is 1. The molecular weight excluding hydrogens is 306 g/mol. The Labute approximate surface area is 117 Å². The Morgan fingerprint density at radius 2 is 2.10 bits per heavy atom. The standard InChI is InChI=1S/C9H9N5O4S2/c1-5-4-6(2-3-7(5)14(15)16)13-20(17,18)9-12-11-8(10)19-9/h2-4,13H,1H3,(H2,10,11). The van der Waals surface area contributed by atoms with Crippen LogP contribution < -0.4 is 10.5 Å². The summed E-state index contributed by atoms with van der Waals surface area (Å²) in [6.07, 6.45) is 0. The quantitative estimate of drug-likeness (QED) is 0.636. The van der Waals surface area contributed by atoms with Crippen molar-refractivity contribution in [1.82, 2.24) is 10.2 Å². The predicted molar refractivity (Wildman–Crippen MR) is 73.0 cm³/mol. The summed E-state index contributed by atoms with van der Waals surface area (Å²) in [6, 6.07) is 3.88. The average Bonchev–Trinajstić information content (AvgIpc) is 2.75. The van der Waals surface area contributed by atoms with E-state index in [1.165, 1.54) is 25.1 Å². The van der Waals surface area contributed by atoms with E-state index in [2.05, 4.69) is 14.9 Å². The molecule has 0 spiro atoms. The first-order chi connectivity index (χ1) is 9.29. The molecule has 20 heavy (non-hydrogen) atoms. The Hall–Kier alpha value is -2.27. The zero-order chi connectivity index (χ0) is 14.9. The van der Waals surface area contributed by atoms with Gasteiger partial charge in [0.25, 0.3) is 20.1 Å². The Bertz CT molecular complexity index is 770. The number of nitrogens with zero attached hydrogens (tertiary/aromatic N) is 3. The summed E-state index contributed by atoms with van der Waals surface area (Å²) < 4.78 is 25.9. The van der Waals surface area contributed by atoms with E-state index >= 15 is 0 Å². The lowest BCUT2D eigenvalue weighted by atomic mass is 10.2. The lowest BCUT2D eigenvalue weighted by molar-refractivity contribution is -0.385. The number of aromatic nitrogens is 2. The summed E-state index contributed by atoms with van der Waals surface area (Å²) in [5.41, 5.74) is 5.77. The van der Waals surface area contributed by atoms with E-state index < -0.39 is 14.9 Å². The van der Waals surface area contributed by atoms with Crippen LogP contribution in [0.25, 0.3) is 0 Å². The molecule has 0 saturated carbocycles. The molecule has 0 aliphatic rings. The number of nitrogens with two attached hydrogens (primary N) is 1. The van der Waals surface area contributed by atoms with Gasteiger partial charge in [0.15, 0.2) is 0 Å². The maximum Gasteiger partial charge on any atom is 0.291 e. The van der Waals surface area contributed by atoms with Gasteiger partial charge in [0.05, 0.1) is 4.92 Å². The summed E-state index contributed by atoms with van der Waals surface area (Å²) in [7, 11) is -3.90. The molecule has 0 radical (unpaired) electrons. The predicted octanol–water partition coefficient (Wildman–Crippen LogP) is 1.14. The van der Waals surface area contributed by atoms with Crippen LogP contribution in [0.2, 0.25) is 0 Å². The molecular formula is C9H9N5O4S2. The summed E-state index contributed by atoms with van der Waals surface area (Å²) in [4.78, 5) is 10.1. The molecule has 0 aliphatic carbocycles. The fraction of sp³-hybridized carbons (Fsp3) is 0.111. The molecule has 2 rings (SSSR count). The first-order valence-corrected chi connectivity index (χ1v) is 7.46. The van der Waals surface area contributed by atoms with Gasteiger partial charge in [-0.1, -0.05) is 11.3 Å². The van der Waals surface area contributed by atoms with Crippen LogP contribution in [0.15, 0.2) is 22.5 Å². The molecule has 11 heteroatoms. The second kappa shape index (κ2) is 5.02. The Morgan fingerprint density at radius 1 is 1.40 bits per heavy atom. The van der Waals surface area contributed by atoms with E-state index in [1.807, 2.05) is 0 Å². The first kappa shape index (κ1) is 14.1. The zero-order valence-electron chi connectivity index (χ0n) is 10.1. The Morgan fingerprint density at radius 3 is 2.60 bits per heavy atom. The van der Waals surface area contributed by atoms with Crippen LogP contribution >= 0.6 is 11.3 Å². The van der Waals surface area contributed by atoms with Gasteiger partial charge >= 0.3 is 0 Å². The maximum absolute atomic E-state index is 12.0. The molecule has 9 nitrogen and oxygen atoms in total. The summed E-state index contributed by atoms with van der Waals surface area (Å²) in [6.45, 7) is 1.51. The van der Waals surface area contributed by atoms with Crippen LogP contribution in [-0.4, -0.2) is 23.5 Å². The van der Waals surface area contributed by atoms with E-state index in [4.69, 9.17) is 5.73 Å². The van der Waals surface area contributed by atoms with Gasteiger partial charge in [0.1, 0.15) is 0 Å². The summed E-state index contributed by atoms with van der Waals surface area (Å²) in [5, 5.41) is 17.6. The normalized spacial score (nSPS) is 11.2. The smallest absolute Gasteiger partial charge is 0.291 e. The number of rotatable bonds is 4. The number of hydrogen-bond acceptors (Lipinski definition) is 8. The lowest BCUT2D eigenvalue weighted by Crippen LogP contribution is -2.13. The van der Waals surface area contributed by atoms with Crippen molar-refractivity contribution in [2.45, 2.75) is 11.3 Å². The maximum atomic E-state index is 12.0. The number of anilines is 2. The molecule has 1 aromatic carbocycles. The van der Waals surface area contributed by atoms with E-state index in [-0.39, 0.29) is 20.8 Å². The third kappa shape index (κ3) is 2.83. The highest BCUT2D eigenvalue weighted by Gasteiger charge is 2.20. The molecule has 1 heterocycles. The number of benzene rings is 1. The SMILES string of the molecule is Cc1cc(NS(=O)(=O)c2nnc(N)s2)ccc1[N+](=O)[O-]. The molecule has 0 fully saturated rings. The molecule has 0 bridgehead atoms. The number of nitrogen functional groups attached to an aromatic ring is 1. The topological polar surface area (TPSA) is 141 Å². The lowest BCUT2D eigenvalue weighted by Gasteiger charge is -2.06. The van der Waals surface area contributed by atoms with E-state index in [1.54, 1.807) is 0 Å². The minimum absolute atomic E-state index is 0.0326. The van der Waals surface area contributed by atoms with Crippen molar-refractivity contribution >= 4 is 37.9 Å². The fourth-order valence-corrected chi connectivity index (χ4v) is 3.29. The third-order valence-electron chi connectivity index (χ3n) is 2.30. The molecule has 106 valence electrons. The molecule has 0 amide bonds. The van der Waals surface area contributed by atoms with Crippen molar-refractivity contribution in [2.75, 3.05) is 10.5 Å². The van der Waals surface area contributed by atoms with Crippen LogP contribution in [-0.2, 0) is 10.0 Å². The van der Waals surface area contributed by atoms with Crippen molar-refractivity contribution < 1.29 is 13.3 Å². The van der Waals surface area contributed by atoms with Crippen molar-refractivity contribution in [3.05, 3.63) is 33.9 Å². The van der Waals surface area contributed by atoms with E-state index in [0.717, 1.165) is 11.3 Å². The number of aryl methyl sites for hydroxylation is 1. The molecule has 2 aromatic rings. The second-order valence-corrected chi connectivity index (χ2v) is 6.64. The van der Waals surface area contributed by atoms with E-state index in [0.29, 0.717) is 5.56 Å². The zero-order valence-corrected chi connectivity index (χ0v) is 11.7. The largest absolute Gasteiger partial charge is 0.374 e.